The van der Waals surface area contributed by atoms with Gasteiger partial charge in [-0.05, 0) is 48.9 Å². The van der Waals surface area contributed by atoms with E-state index in [9.17, 15) is 4.79 Å². The summed E-state index contributed by atoms with van der Waals surface area (Å²) in [6.45, 7) is 2.22. The minimum atomic E-state index is -0.502. The van der Waals surface area contributed by atoms with E-state index in [4.69, 9.17) is 10.5 Å². The molecule has 3 aromatic rings. The summed E-state index contributed by atoms with van der Waals surface area (Å²) < 4.78 is 8.43. The Labute approximate surface area is 162 Å². The first-order valence-electron chi connectivity index (χ1n) is 9.70. The van der Waals surface area contributed by atoms with E-state index in [1.807, 2.05) is 36.5 Å². The summed E-state index contributed by atoms with van der Waals surface area (Å²) in [5.41, 5.74) is 8.46. The Morgan fingerprint density at radius 3 is 2.71 bits per heavy atom. The molecule has 2 aliphatic carbocycles. The number of nitrogens with one attached hydrogen (secondary N) is 1. The lowest BCUT2D eigenvalue weighted by molar-refractivity contribution is 0.171. The van der Waals surface area contributed by atoms with Gasteiger partial charge in [-0.1, -0.05) is 31.2 Å². The lowest BCUT2D eigenvalue weighted by Crippen LogP contribution is -2.36. The number of nitrogens with two attached hydrogens (primary N) is 1. The van der Waals surface area contributed by atoms with E-state index >= 15 is 0 Å². The summed E-state index contributed by atoms with van der Waals surface area (Å²) in [6.07, 6.45) is 5.78. The normalized spacial score (nSPS) is 22.5. The van der Waals surface area contributed by atoms with Crippen LogP contribution in [0.5, 0.6) is 5.75 Å². The third-order valence-electron chi connectivity index (χ3n) is 5.95. The van der Waals surface area contributed by atoms with Gasteiger partial charge in [0.15, 0.2) is 5.65 Å². The molecule has 2 amide bonds. The van der Waals surface area contributed by atoms with Gasteiger partial charge >= 0.3 is 6.03 Å². The number of hydrogen-bond donors (Lipinski definition) is 2. The van der Waals surface area contributed by atoms with Crippen LogP contribution in [-0.4, -0.2) is 20.6 Å². The predicted octanol–water partition coefficient (Wildman–Crippen LogP) is 3.40. The molecule has 0 saturated heterocycles. The zero-order chi connectivity index (χ0) is 19.3. The van der Waals surface area contributed by atoms with Gasteiger partial charge in [0.05, 0.1) is 12.2 Å². The van der Waals surface area contributed by atoms with Gasteiger partial charge < -0.3 is 15.8 Å². The van der Waals surface area contributed by atoms with Crippen LogP contribution in [0, 0.1) is 0 Å². The molecule has 1 saturated carbocycles. The fraction of sp³-hybridized carbons (Fsp3) is 0.381. The van der Waals surface area contributed by atoms with Crippen LogP contribution >= 0.6 is 0 Å². The average molecular weight is 377 g/mol. The van der Waals surface area contributed by atoms with Crippen molar-refractivity contribution in [3.8, 4) is 5.75 Å². The van der Waals surface area contributed by atoms with Gasteiger partial charge in [-0.3, -0.25) is 4.40 Å². The van der Waals surface area contributed by atoms with E-state index in [0.29, 0.717) is 0 Å². The molecular weight excluding hydrogens is 354 g/mol. The summed E-state index contributed by atoms with van der Waals surface area (Å²) in [4.78, 5) is 11.3. The molecule has 0 aliphatic heterocycles. The maximum absolute atomic E-state index is 11.3. The van der Waals surface area contributed by atoms with E-state index in [1.165, 1.54) is 0 Å². The van der Waals surface area contributed by atoms with E-state index in [-0.39, 0.29) is 17.6 Å². The Morgan fingerprint density at radius 1 is 1.18 bits per heavy atom. The van der Waals surface area contributed by atoms with Crippen molar-refractivity contribution in [2.45, 2.75) is 50.2 Å². The quantitative estimate of drug-likeness (QED) is 0.728. The Morgan fingerprint density at radius 2 is 1.96 bits per heavy atom. The van der Waals surface area contributed by atoms with Crippen molar-refractivity contribution in [3.05, 3.63) is 59.5 Å². The number of hydrogen-bond acceptors (Lipinski definition) is 4. The maximum atomic E-state index is 11.3. The van der Waals surface area contributed by atoms with Gasteiger partial charge in [-0.2, -0.15) is 0 Å². The molecule has 0 spiro atoms. The molecule has 0 radical (unpaired) electrons. The van der Waals surface area contributed by atoms with Crippen LogP contribution in [0.15, 0.2) is 42.6 Å². The van der Waals surface area contributed by atoms with Crippen LogP contribution < -0.4 is 15.8 Å². The highest BCUT2D eigenvalue weighted by Crippen LogP contribution is 2.47. The molecule has 2 atom stereocenters. The number of carbonyl (C=O) groups is 1. The lowest BCUT2D eigenvalue weighted by atomic mass is 9.85. The van der Waals surface area contributed by atoms with Crippen LogP contribution in [0.25, 0.3) is 5.65 Å². The van der Waals surface area contributed by atoms with Crippen molar-refractivity contribution < 1.29 is 9.53 Å². The number of nitrogens with zero attached hydrogens (tertiary/aromatic N) is 3. The highest BCUT2D eigenvalue weighted by atomic mass is 16.5. The van der Waals surface area contributed by atoms with Gasteiger partial charge in [0.1, 0.15) is 17.7 Å². The molecule has 28 heavy (non-hydrogen) atoms. The summed E-state index contributed by atoms with van der Waals surface area (Å²) in [5, 5.41) is 11.5. The number of carbonyl (C=O) groups excluding carboxylic acids is 1. The Hall–Kier alpha value is -3.09. The molecule has 1 fully saturated rings. The molecule has 1 aromatic carbocycles. The van der Waals surface area contributed by atoms with Crippen LogP contribution in [0.4, 0.5) is 4.79 Å². The summed E-state index contributed by atoms with van der Waals surface area (Å²) in [6, 6.07) is 11.4. The highest BCUT2D eigenvalue weighted by Gasteiger charge is 2.43. The van der Waals surface area contributed by atoms with Crippen LogP contribution in [0.2, 0.25) is 0 Å². The molecule has 2 aliphatic rings. The Balaban J connectivity index is 1.45. The fourth-order valence-corrected chi connectivity index (χ4v) is 4.12. The smallest absolute Gasteiger partial charge is 0.312 e. The van der Waals surface area contributed by atoms with Crippen molar-refractivity contribution in [1.29, 1.82) is 0 Å². The third kappa shape index (κ3) is 2.87. The van der Waals surface area contributed by atoms with Gasteiger partial charge in [0.25, 0.3) is 0 Å². The molecule has 2 aromatic heterocycles. The SMILES string of the molecule is CC1(c2nnc3ccc(OC4CCC(NC(N)=O)c5ccccc54)cn23)CC1. The number of fused-ring (bicyclic) bond motifs is 2. The van der Waals surface area contributed by atoms with Crippen molar-refractivity contribution >= 4 is 11.7 Å². The Bertz CT molecular complexity index is 1060. The first-order chi connectivity index (χ1) is 13.5. The Kier molecular flexibility index (Phi) is 3.79. The van der Waals surface area contributed by atoms with Crippen molar-refractivity contribution in [1.82, 2.24) is 19.9 Å². The molecule has 5 rings (SSSR count). The van der Waals surface area contributed by atoms with E-state index < -0.39 is 6.03 Å². The van der Waals surface area contributed by atoms with E-state index in [0.717, 1.165) is 54.0 Å². The fourth-order valence-electron chi connectivity index (χ4n) is 4.12. The highest BCUT2D eigenvalue weighted by molar-refractivity contribution is 5.72. The first kappa shape index (κ1) is 17.0. The van der Waals surface area contributed by atoms with Crippen LogP contribution in [-0.2, 0) is 5.41 Å². The second-order valence-electron chi connectivity index (χ2n) is 8.05. The van der Waals surface area contributed by atoms with Gasteiger partial charge in [-0.25, -0.2) is 4.79 Å². The predicted molar refractivity (Wildman–Crippen MR) is 104 cm³/mol. The summed E-state index contributed by atoms with van der Waals surface area (Å²) in [7, 11) is 0. The van der Waals surface area contributed by atoms with Crippen LogP contribution in [0.1, 0.15) is 61.7 Å². The average Bonchev–Trinajstić information content (AvgIpc) is 3.28. The van der Waals surface area contributed by atoms with Gasteiger partial charge in [-0.15, -0.1) is 10.2 Å². The molecule has 2 heterocycles. The number of pyridine rings is 1. The maximum Gasteiger partial charge on any atom is 0.312 e. The summed E-state index contributed by atoms with van der Waals surface area (Å²) in [5.74, 6) is 1.79. The number of rotatable bonds is 4. The van der Waals surface area contributed by atoms with Gasteiger partial charge in [0, 0.05) is 5.41 Å². The number of benzene rings is 1. The minimum absolute atomic E-state index is 0.0731. The second-order valence-corrected chi connectivity index (χ2v) is 8.05. The van der Waals surface area contributed by atoms with Crippen LogP contribution in [0.3, 0.4) is 0 Å². The van der Waals surface area contributed by atoms with Crippen molar-refractivity contribution in [3.63, 3.8) is 0 Å². The minimum Gasteiger partial charge on any atom is -0.484 e. The van der Waals surface area contributed by atoms with E-state index in [2.05, 4.69) is 32.9 Å². The zero-order valence-corrected chi connectivity index (χ0v) is 15.8. The number of primary amides is 1. The monoisotopic (exact) mass is 377 g/mol. The molecular formula is C21H23N5O2. The number of aromatic nitrogens is 3. The molecule has 7 heteroatoms. The number of amides is 2. The lowest BCUT2D eigenvalue weighted by Gasteiger charge is -2.32. The van der Waals surface area contributed by atoms with Gasteiger partial charge in [0.2, 0.25) is 0 Å². The van der Waals surface area contributed by atoms with Crippen molar-refractivity contribution in [2.24, 2.45) is 5.73 Å². The standard InChI is InChI=1S/C21H23N5O2/c1-21(10-11-21)19-25-24-18-9-6-13(12-26(18)19)28-17-8-7-16(23-20(22)27)14-4-2-3-5-15(14)17/h2-6,9,12,16-17H,7-8,10-11H2,1H3,(H3,22,23,27). The summed E-state index contributed by atoms with van der Waals surface area (Å²) >= 11 is 0. The molecule has 144 valence electrons. The van der Waals surface area contributed by atoms with E-state index in [1.54, 1.807) is 0 Å². The third-order valence-corrected chi connectivity index (χ3v) is 5.95. The molecule has 2 unspecified atom stereocenters. The molecule has 3 N–H and O–H groups in total. The molecule has 0 bridgehead atoms. The van der Waals surface area contributed by atoms with Crippen molar-refractivity contribution in [2.75, 3.05) is 0 Å². The topological polar surface area (TPSA) is 94.5 Å². The number of urea groups is 1. The number of ether oxygens (including phenoxy) is 1. The zero-order valence-electron chi connectivity index (χ0n) is 15.8. The molecule has 7 nitrogen and oxygen atoms in total. The first-order valence-corrected chi connectivity index (χ1v) is 9.70. The second kappa shape index (κ2) is 6.22. The largest absolute Gasteiger partial charge is 0.484 e.